The van der Waals surface area contributed by atoms with E-state index in [-0.39, 0.29) is 5.69 Å². The van der Waals surface area contributed by atoms with Crippen LogP contribution in [0.25, 0.3) is 22.3 Å². The molecule has 6 nitrogen and oxygen atoms in total. The molecule has 0 amide bonds. The smallest absolute Gasteiger partial charge is 0.354 e. The first-order chi connectivity index (χ1) is 12.1. The molecule has 4 rings (SSSR count). The molecular weight excluding hydrogens is 336 g/mol. The number of rotatable bonds is 4. The Morgan fingerprint density at radius 2 is 2.08 bits per heavy atom. The summed E-state index contributed by atoms with van der Waals surface area (Å²) in [7, 11) is 1.76. The molecule has 3 aromatic heterocycles. The molecule has 25 heavy (non-hydrogen) atoms. The van der Waals surface area contributed by atoms with Crippen molar-refractivity contribution in [3.8, 4) is 11.3 Å². The zero-order valence-electron chi connectivity index (χ0n) is 13.4. The van der Waals surface area contributed by atoms with E-state index in [1.165, 1.54) is 0 Å². The molecular formula is C18H14N4O2S. The first-order valence-corrected chi connectivity index (χ1v) is 8.58. The van der Waals surface area contributed by atoms with Crippen LogP contribution in [0.2, 0.25) is 0 Å². The Morgan fingerprint density at radius 1 is 1.28 bits per heavy atom. The summed E-state index contributed by atoms with van der Waals surface area (Å²) in [6.07, 6.45) is 2.34. The van der Waals surface area contributed by atoms with Crippen molar-refractivity contribution in [2.24, 2.45) is 7.05 Å². The Hall–Kier alpha value is -3.06. The molecule has 7 heteroatoms. The maximum atomic E-state index is 11.4. The van der Waals surface area contributed by atoms with Crippen molar-refractivity contribution >= 4 is 28.3 Å². The fourth-order valence-corrected chi connectivity index (χ4v) is 3.36. The predicted molar refractivity (Wildman–Crippen MR) is 95.8 cm³/mol. The summed E-state index contributed by atoms with van der Waals surface area (Å²) in [5, 5.41) is 16.4. The van der Waals surface area contributed by atoms with Crippen LogP contribution < -0.4 is 0 Å². The molecule has 0 aliphatic rings. The second kappa shape index (κ2) is 6.10. The molecule has 0 aliphatic heterocycles. The summed E-state index contributed by atoms with van der Waals surface area (Å²) in [6, 6.07) is 9.77. The summed E-state index contributed by atoms with van der Waals surface area (Å²) < 4.78 is 1.59. The van der Waals surface area contributed by atoms with E-state index < -0.39 is 5.97 Å². The van der Waals surface area contributed by atoms with Gasteiger partial charge in [0.1, 0.15) is 0 Å². The van der Waals surface area contributed by atoms with Gasteiger partial charge < -0.3 is 5.11 Å². The van der Waals surface area contributed by atoms with Gasteiger partial charge in [0.2, 0.25) is 0 Å². The van der Waals surface area contributed by atoms with Crippen molar-refractivity contribution in [1.82, 2.24) is 19.7 Å². The Kier molecular flexibility index (Phi) is 3.77. The summed E-state index contributed by atoms with van der Waals surface area (Å²) in [5.74, 6) is -1.04. The molecule has 1 aromatic carbocycles. The van der Waals surface area contributed by atoms with Gasteiger partial charge in [0.05, 0.1) is 17.4 Å². The van der Waals surface area contributed by atoms with E-state index in [1.54, 1.807) is 35.3 Å². The quantitative estimate of drug-likeness (QED) is 0.610. The minimum Gasteiger partial charge on any atom is -0.477 e. The fourth-order valence-electron chi connectivity index (χ4n) is 2.80. The van der Waals surface area contributed by atoms with Crippen LogP contribution in [0.3, 0.4) is 0 Å². The molecule has 0 atom stereocenters. The fraction of sp³-hybridized carbons (Fsp3) is 0.111. The van der Waals surface area contributed by atoms with Gasteiger partial charge in [-0.15, -0.1) is 11.3 Å². The van der Waals surface area contributed by atoms with Gasteiger partial charge in [-0.2, -0.15) is 5.10 Å². The van der Waals surface area contributed by atoms with Crippen LogP contribution in [0.15, 0.2) is 47.4 Å². The number of carbonyl (C=O) groups is 1. The van der Waals surface area contributed by atoms with Crippen molar-refractivity contribution in [3.05, 3.63) is 64.2 Å². The third-order valence-corrected chi connectivity index (χ3v) is 4.67. The van der Waals surface area contributed by atoms with Gasteiger partial charge in [0, 0.05) is 23.4 Å². The predicted octanol–water partition coefficient (Wildman–Crippen LogP) is 3.38. The lowest BCUT2D eigenvalue weighted by Gasteiger charge is -2.07. The molecule has 0 bridgehead atoms. The Balaban J connectivity index is 1.71. The summed E-state index contributed by atoms with van der Waals surface area (Å²) in [4.78, 5) is 19.8. The van der Waals surface area contributed by atoms with Crippen LogP contribution in [-0.2, 0) is 13.5 Å². The van der Waals surface area contributed by atoms with Gasteiger partial charge >= 0.3 is 5.97 Å². The van der Waals surface area contributed by atoms with Gasteiger partial charge in [-0.05, 0) is 23.6 Å². The zero-order valence-corrected chi connectivity index (χ0v) is 14.2. The number of aromatic carboxylic acids is 1. The largest absolute Gasteiger partial charge is 0.477 e. The second-order valence-corrected chi connectivity index (χ2v) is 6.44. The van der Waals surface area contributed by atoms with E-state index in [0.717, 1.165) is 27.8 Å². The van der Waals surface area contributed by atoms with Crippen LogP contribution in [-0.4, -0.2) is 30.8 Å². The van der Waals surface area contributed by atoms with Crippen molar-refractivity contribution in [1.29, 1.82) is 0 Å². The molecule has 0 radical (unpaired) electrons. The highest BCUT2D eigenvalue weighted by Gasteiger charge is 2.14. The highest BCUT2D eigenvalue weighted by atomic mass is 32.1. The van der Waals surface area contributed by atoms with Crippen LogP contribution in [0.1, 0.15) is 21.6 Å². The van der Waals surface area contributed by atoms with Crippen molar-refractivity contribution < 1.29 is 9.90 Å². The highest BCUT2D eigenvalue weighted by Crippen LogP contribution is 2.23. The molecule has 0 unspecified atom stereocenters. The van der Waals surface area contributed by atoms with E-state index in [9.17, 15) is 9.90 Å². The monoisotopic (exact) mass is 350 g/mol. The molecule has 4 aromatic rings. The number of carboxylic acid groups (broad SMARTS) is 1. The minimum absolute atomic E-state index is 0.0326. The normalized spacial score (nSPS) is 11.1. The van der Waals surface area contributed by atoms with E-state index >= 15 is 0 Å². The number of fused-ring (bicyclic) bond motifs is 1. The summed E-state index contributed by atoms with van der Waals surface area (Å²) in [5.41, 5.74) is 6.44. The first kappa shape index (κ1) is 15.5. The molecule has 0 saturated heterocycles. The van der Waals surface area contributed by atoms with Gasteiger partial charge in [-0.1, -0.05) is 24.3 Å². The van der Waals surface area contributed by atoms with Gasteiger partial charge in [0.25, 0.3) is 0 Å². The molecule has 0 fully saturated rings. The lowest BCUT2D eigenvalue weighted by atomic mass is 10.0. The first-order valence-electron chi connectivity index (χ1n) is 7.64. The third kappa shape index (κ3) is 2.89. The van der Waals surface area contributed by atoms with Gasteiger partial charge in [-0.3, -0.25) is 4.68 Å². The Bertz CT molecular complexity index is 1050. The van der Waals surface area contributed by atoms with Crippen molar-refractivity contribution in [3.63, 3.8) is 0 Å². The molecule has 0 spiro atoms. The lowest BCUT2D eigenvalue weighted by Crippen LogP contribution is -2.04. The molecule has 124 valence electrons. The van der Waals surface area contributed by atoms with Crippen LogP contribution in [0.5, 0.6) is 0 Å². The molecule has 0 saturated carbocycles. The number of hydrogen-bond donors (Lipinski definition) is 1. The molecule has 1 N–H and O–H groups in total. The lowest BCUT2D eigenvalue weighted by molar-refractivity contribution is 0.0690. The summed E-state index contributed by atoms with van der Waals surface area (Å²) >= 11 is 1.57. The number of aryl methyl sites for hydroxylation is 1. The average molecular weight is 350 g/mol. The second-order valence-electron chi connectivity index (χ2n) is 5.72. The zero-order chi connectivity index (χ0) is 17.4. The minimum atomic E-state index is -1.04. The van der Waals surface area contributed by atoms with Crippen LogP contribution in [0.4, 0.5) is 0 Å². The van der Waals surface area contributed by atoms with Crippen LogP contribution >= 0.6 is 11.3 Å². The topological polar surface area (TPSA) is 80.9 Å². The van der Waals surface area contributed by atoms with Crippen LogP contribution in [0, 0.1) is 0 Å². The van der Waals surface area contributed by atoms with E-state index in [0.29, 0.717) is 12.1 Å². The van der Waals surface area contributed by atoms with Crippen molar-refractivity contribution in [2.75, 3.05) is 0 Å². The number of nitrogens with zero attached hydrogens (tertiary/aromatic N) is 4. The number of hydrogen-bond acceptors (Lipinski definition) is 5. The number of aromatic nitrogens is 4. The number of carboxylic acids is 1. The van der Waals surface area contributed by atoms with Crippen molar-refractivity contribution in [2.45, 2.75) is 6.42 Å². The highest BCUT2D eigenvalue weighted by molar-refractivity contribution is 7.07. The maximum Gasteiger partial charge on any atom is 0.354 e. The standard InChI is InChI=1S/C18H14N4O2S/c1-22-17-14(8-20-22)13(7-15(21-17)18(23)24)6-11-2-4-12(5-3-11)16-9-25-10-19-16/h2-5,7-10H,6H2,1H3,(H,23,24). The summed E-state index contributed by atoms with van der Waals surface area (Å²) in [6.45, 7) is 0. The van der Waals surface area contributed by atoms with E-state index in [2.05, 4.69) is 15.1 Å². The SMILES string of the molecule is Cn1ncc2c(Cc3ccc(-c4cscn4)cc3)cc(C(=O)O)nc21. The maximum absolute atomic E-state index is 11.4. The van der Waals surface area contributed by atoms with Gasteiger partial charge in [0.15, 0.2) is 11.3 Å². The molecule has 3 heterocycles. The number of pyridine rings is 1. The van der Waals surface area contributed by atoms with E-state index in [4.69, 9.17) is 0 Å². The Morgan fingerprint density at radius 3 is 2.76 bits per heavy atom. The number of thiazole rings is 1. The number of benzene rings is 1. The molecule has 0 aliphatic carbocycles. The van der Waals surface area contributed by atoms with E-state index in [1.807, 2.05) is 35.2 Å². The average Bonchev–Trinajstić information content (AvgIpc) is 3.26. The Labute approximate surface area is 147 Å². The third-order valence-electron chi connectivity index (χ3n) is 4.09. The van der Waals surface area contributed by atoms with Gasteiger partial charge in [-0.25, -0.2) is 14.8 Å².